The zero-order valence-electron chi connectivity index (χ0n) is 10.8. The van der Waals surface area contributed by atoms with Gasteiger partial charge in [-0.3, -0.25) is 0 Å². The Labute approximate surface area is 107 Å². The molecular formula is C13H19N3O2. The number of nitrogens with zero attached hydrogens (tertiary/aromatic N) is 2. The van der Waals surface area contributed by atoms with Gasteiger partial charge in [0, 0.05) is 25.8 Å². The van der Waals surface area contributed by atoms with E-state index in [4.69, 9.17) is 4.74 Å². The zero-order valence-corrected chi connectivity index (χ0v) is 10.8. The van der Waals surface area contributed by atoms with Gasteiger partial charge in [0.25, 0.3) is 0 Å². The number of anilines is 1. The van der Waals surface area contributed by atoms with Gasteiger partial charge in [0.05, 0.1) is 12.7 Å². The number of hydrogen-bond acceptors (Lipinski definition) is 5. The Bertz CT molecular complexity index is 416. The fourth-order valence-electron chi connectivity index (χ4n) is 2.21. The van der Waals surface area contributed by atoms with Crippen molar-refractivity contribution in [1.82, 2.24) is 10.3 Å². The number of carbonyl (C=O) groups is 1. The molecule has 2 heterocycles. The molecule has 0 aromatic carbocycles. The minimum atomic E-state index is -0.328. The van der Waals surface area contributed by atoms with Crippen LogP contribution >= 0.6 is 0 Å². The number of ether oxygens (including phenoxy) is 1. The lowest BCUT2D eigenvalue weighted by Crippen LogP contribution is -2.35. The van der Waals surface area contributed by atoms with Crippen LogP contribution in [-0.2, 0) is 4.74 Å². The van der Waals surface area contributed by atoms with E-state index in [-0.39, 0.29) is 5.97 Å². The van der Waals surface area contributed by atoms with E-state index in [1.54, 1.807) is 18.3 Å². The second-order valence-corrected chi connectivity index (χ2v) is 4.57. The van der Waals surface area contributed by atoms with Crippen LogP contribution in [-0.4, -0.2) is 44.2 Å². The van der Waals surface area contributed by atoms with Crippen LogP contribution in [0.15, 0.2) is 18.3 Å². The molecule has 18 heavy (non-hydrogen) atoms. The molecule has 5 nitrogen and oxygen atoms in total. The number of pyridine rings is 1. The largest absolute Gasteiger partial charge is 0.465 e. The molecule has 2 rings (SSSR count). The van der Waals surface area contributed by atoms with Gasteiger partial charge in [0.2, 0.25) is 0 Å². The maximum Gasteiger partial charge on any atom is 0.338 e. The Morgan fingerprint density at radius 3 is 3.17 bits per heavy atom. The van der Waals surface area contributed by atoms with Crippen molar-refractivity contribution in [2.24, 2.45) is 0 Å². The van der Waals surface area contributed by atoms with Crippen LogP contribution in [0.1, 0.15) is 23.2 Å². The fourth-order valence-corrected chi connectivity index (χ4v) is 2.21. The minimum absolute atomic E-state index is 0.328. The van der Waals surface area contributed by atoms with Gasteiger partial charge < -0.3 is 15.0 Å². The number of aromatic nitrogens is 1. The third-order valence-electron chi connectivity index (χ3n) is 3.21. The summed E-state index contributed by atoms with van der Waals surface area (Å²) >= 11 is 0. The normalized spacial score (nSPS) is 18.7. The Morgan fingerprint density at radius 1 is 1.67 bits per heavy atom. The van der Waals surface area contributed by atoms with Crippen molar-refractivity contribution < 1.29 is 9.53 Å². The second kappa shape index (κ2) is 5.82. The first-order valence-electron chi connectivity index (χ1n) is 6.19. The Kier molecular flexibility index (Phi) is 4.15. The highest BCUT2D eigenvalue weighted by Crippen LogP contribution is 2.14. The van der Waals surface area contributed by atoms with E-state index in [0.717, 1.165) is 18.9 Å². The van der Waals surface area contributed by atoms with E-state index in [1.807, 2.05) is 7.05 Å². The molecule has 0 spiro atoms. The summed E-state index contributed by atoms with van der Waals surface area (Å²) in [5, 5.41) is 3.44. The summed E-state index contributed by atoms with van der Waals surface area (Å²) < 4.78 is 4.71. The first-order valence-corrected chi connectivity index (χ1v) is 6.19. The number of nitrogens with one attached hydrogen (secondary N) is 1. The first-order chi connectivity index (χ1) is 8.70. The van der Waals surface area contributed by atoms with Crippen molar-refractivity contribution in [2.45, 2.75) is 18.9 Å². The predicted octanol–water partition coefficient (Wildman–Crippen LogP) is 1.06. The molecule has 1 aromatic rings. The molecule has 1 unspecified atom stereocenters. The number of methoxy groups -OCH3 is 1. The number of rotatable bonds is 4. The SMILES string of the molecule is COC(=O)c1ccnc(N(C)CC2CCCN2)c1. The summed E-state index contributed by atoms with van der Waals surface area (Å²) in [6.45, 7) is 1.99. The predicted molar refractivity (Wildman–Crippen MR) is 69.9 cm³/mol. The minimum Gasteiger partial charge on any atom is -0.465 e. The summed E-state index contributed by atoms with van der Waals surface area (Å²) in [7, 11) is 3.37. The van der Waals surface area contributed by atoms with Crippen LogP contribution in [0.4, 0.5) is 5.82 Å². The molecule has 1 atom stereocenters. The highest BCUT2D eigenvalue weighted by atomic mass is 16.5. The number of hydrogen-bond donors (Lipinski definition) is 1. The van der Waals surface area contributed by atoms with E-state index in [2.05, 4.69) is 15.2 Å². The van der Waals surface area contributed by atoms with Crippen molar-refractivity contribution in [3.05, 3.63) is 23.9 Å². The van der Waals surface area contributed by atoms with Crippen molar-refractivity contribution in [2.75, 3.05) is 32.1 Å². The van der Waals surface area contributed by atoms with Gasteiger partial charge >= 0.3 is 5.97 Å². The van der Waals surface area contributed by atoms with E-state index >= 15 is 0 Å². The van der Waals surface area contributed by atoms with E-state index in [0.29, 0.717) is 11.6 Å². The molecule has 0 amide bonds. The van der Waals surface area contributed by atoms with Crippen LogP contribution in [0.25, 0.3) is 0 Å². The second-order valence-electron chi connectivity index (χ2n) is 4.57. The summed E-state index contributed by atoms with van der Waals surface area (Å²) in [6.07, 6.45) is 4.06. The standard InChI is InChI=1S/C13H19N3O2/c1-16(9-11-4-3-6-14-11)12-8-10(5-7-15-12)13(17)18-2/h5,7-8,11,14H,3-4,6,9H2,1-2H3. The highest BCUT2D eigenvalue weighted by molar-refractivity contribution is 5.90. The summed E-state index contributed by atoms with van der Waals surface area (Å²) in [6, 6.07) is 3.94. The quantitative estimate of drug-likeness (QED) is 0.809. The van der Waals surface area contributed by atoms with Gasteiger partial charge in [0.1, 0.15) is 5.82 Å². The molecule has 1 N–H and O–H groups in total. The molecule has 1 saturated heterocycles. The van der Waals surface area contributed by atoms with Gasteiger partial charge in [-0.25, -0.2) is 9.78 Å². The molecule has 1 aliphatic heterocycles. The van der Waals surface area contributed by atoms with Crippen molar-refractivity contribution in [3.63, 3.8) is 0 Å². The zero-order chi connectivity index (χ0) is 13.0. The van der Waals surface area contributed by atoms with E-state index < -0.39 is 0 Å². The Hall–Kier alpha value is -1.62. The highest BCUT2D eigenvalue weighted by Gasteiger charge is 2.17. The van der Waals surface area contributed by atoms with Gasteiger partial charge in [0.15, 0.2) is 0 Å². The molecule has 1 aromatic heterocycles. The molecule has 0 saturated carbocycles. The lowest BCUT2D eigenvalue weighted by molar-refractivity contribution is 0.0600. The lowest BCUT2D eigenvalue weighted by Gasteiger charge is -2.22. The van der Waals surface area contributed by atoms with Crippen LogP contribution < -0.4 is 10.2 Å². The van der Waals surface area contributed by atoms with Gasteiger partial charge in [-0.15, -0.1) is 0 Å². The average Bonchev–Trinajstić information content (AvgIpc) is 2.90. The van der Waals surface area contributed by atoms with Crippen molar-refractivity contribution in [3.8, 4) is 0 Å². The molecular weight excluding hydrogens is 230 g/mol. The smallest absolute Gasteiger partial charge is 0.338 e. The van der Waals surface area contributed by atoms with Crippen molar-refractivity contribution >= 4 is 11.8 Å². The maximum absolute atomic E-state index is 11.5. The van der Waals surface area contributed by atoms with Crippen LogP contribution in [0.5, 0.6) is 0 Å². The number of likely N-dealkylation sites (N-methyl/N-ethyl adjacent to an activating group) is 1. The van der Waals surface area contributed by atoms with Gasteiger partial charge in [-0.2, -0.15) is 0 Å². The fraction of sp³-hybridized carbons (Fsp3) is 0.538. The monoisotopic (exact) mass is 249 g/mol. The van der Waals surface area contributed by atoms with E-state index in [9.17, 15) is 4.79 Å². The molecule has 1 aliphatic rings. The molecule has 1 fully saturated rings. The molecule has 0 radical (unpaired) electrons. The first kappa shape index (κ1) is 12.8. The third kappa shape index (κ3) is 2.98. The van der Waals surface area contributed by atoms with E-state index in [1.165, 1.54) is 20.0 Å². The van der Waals surface area contributed by atoms with Gasteiger partial charge in [-0.1, -0.05) is 0 Å². The summed E-state index contributed by atoms with van der Waals surface area (Å²) in [5.41, 5.74) is 0.536. The lowest BCUT2D eigenvalue weighted by atomic mass is 10.2. The third-order valence-corrected chi connectivity index (χ3v) is 3.21. The van der Waals surface area contributed by atoms with Crippen LogP contribution in [0.3, 0.4) is 0 Å². The topological polar surface area (TPSA) is 54.5 Å². The average molecular weight is 249 g/mol. The Morgan fingerprint density at radius 2 is 2.50 bits per heavy atom. The van der Waals surface area contributed by atoms with Crippen LogP contribution in [0, 0.1) is 0 Å². The van der Waals surface area contributed by atoms with Gasteiger partial charge in [-0.05, 0) is 31.5 Å². The maximum atomic E-state index is 11.5. The summed E-state index contributed by atoms with van der Waals surface area (Å²) in [5.74, 6) is 0.470. The summed E-state index contributed by atoms with van der Waals surface area (Å²) in [4.78, 5) is 17.8. The molecule has 0 bridgehead atoms. The van der Waals surface area contributed by atoms with Crippen LogP contribution in [0.2, 0.25) is 0 Å². The number of esters is 1. The molecule has 0 aliphatic carbocycles. The van der Waals surface area contributed by atoms with Crippen molar-refractivity contribution in [1.29, 1.82) is 0 Å². The molecule has 98 valence electrons. The Balaban J connectivity index is 2.04. The molecule has 5 heteroatoms. The number of carbonyl (C=O) groups excluding carboxylic acids is 1.